The van der Waals surface area contributed by atoms with E-state index in [0.29, 0.717) is 0 Å². The number of hydrogen-bond acceptors (Lipinski definition) is 3. The molecule has 0 heterocycles. The van der Waals surface area contributed by atoms with E-state index in [4.69, 9.17) is 0 Å². The van der Waals surface area contributed by atoms with Crippen molar-refractivity contribution in [2.45, 2.75) is 0 Å². The van der Waals surface area contributed by atoms with Gasteiger partial charge in [0.25, 0.3) is 0 Å². The zero-order valence-electron chi connectivity index (χ0n) is 9.03. The second kappa shape index (κ2) is 13.6. The summed E-state index contributed by atoms with van der Waals surface area (Å²) in [4.78, 5) is 10.1. The number of benzene rings is 1. The van der Waals surface area contributed by atoms with Crippen molar-refractivity contribution in [1.82, 2.24) is 0 Å². The van der Waals surface area contributed by atoms with E-state index in [-0.39, 0.29) is 130 Å². The van der Waals surface area contributed by atoms with Crippen LogP contribution in [0.1, 0.15) is 10.4 Å². The SMILES string of the molecule is O=C([O-])c1cccc([O-])c1.[Na+].[Na+].[Na+].[Na+]. The van der Waals surface area contributed by atoms with Crippen LogP contribution in [0, 0.1) is 0 Å². The van der Waals surface area contributed by atoms with Gasteiger partial charge in [0.2, 0.25) is 0 Å². The third kappa shape index (κ3) is 9.70. The molecule has 52 valence electrons. The van der Waals surface area contributed by atoms with E-state index in [1.165, 1.54) is 18.2 Å². The summed E-state index contributed by atoms with van der Waals surface area (Å²) in [6.45, 7) is 0. The van der Waals surface area contributed by atoms with Gasteiger partial charge in [-0.15, -0.1) is 5.75 Å². The monoisotopic (exact) mass is 228 g/mol. The van der Waals surface area contributed by atoms with Crippen LogP contribution in [-0.2, 0) is 0 Å². The van der Waals surface area contributed by atoms with Gasteiger partial charge in [-0.05, 0) is 5.56 Å². The summed E-state index contributed by atoms with van der Waals surface area (Å²) < 4.78 is 0. The van der Waals surface area contributed by atoms with Gasteiger partial charge in [-0.2, -0.15) is 0 Å². The molecular weight excluding hydrogens is 224 g/mol. The molecule has 0 fully saturated rings. The molecule has 0 aliphatic carbocycles. The van der Waals surface area contributed by atoms with E-state index in [9.17, 15) is 15.0 Å². The minimum atomic E-state index is -1.32. The van der Waals surface area contributed by atoms with Gasteiger partial charge in [0.05, 0.1) is 5.97 Å². The van der Waals surface area contributed by atoms with Gasteiger partial charge in [0, 0.05) is 0 Å². The average molecular weight is 228 g/mol. The number of carbonyl (C=O) groups excluding carboxylic acids is 1. The molecule has 0 aliphatic rings. The number of carboxylic acids is 1. The van der Waals surface area contributed by atoms with Crippen LogP contribution in [0.2, 0.25) is 0 Å². The molecule has 0 aromatic heterocycles. The Kier molecular flexibility index (Phi) is 24.6. The molecule has 14 heavy (non-hydrogen) atoms. The molecule has 1 aromatic carbocycles. The van der Waals surface area contributed by atoms with Gasteiger partial charge in [0.15, 0.2) is 0 Å². The smallest absolute Gasteiger partial charge is 0.872 e. The van der Waals surface area contributed by atoms with Crippen molar-refractivity contribution in [2.75, 3.05) is 0 Å². The predicted molar refractivity (Wildman–Crippen MR) is 30.2 cm³/mol. The van der Waals surface area contributed by atoms with Gasteiger partial charge < -0.3 is 15.0 Å². The molecule has 0 amide bonds. The van der Waals surface area contributed by atoms with E-state index in [1.807, 2.05) is 0 Å². The van der Waals surface area contributed by atoms with Gasteiger partial charge in [-0.25, -0.2) is 0 Å². The van der Waals surface area contributed by atoms with Crippen molar-refractivity contribution >= 4 is 5.97 Å². The van der Waals surface area contributed by atoms with E-state index in [0.717, 1.165) is 6.07 Å². The fourth-order valence-corrected chi connectivity index (χ4v) is 0.623. The summed E-state index contributed by atoms with van der Waals surface area (Å²) in [6, 6.07) is 5.01. The molecule has 0 atom stereocenters. The normalized spacial score (nSPS) is 6.57. The molecule has 0 saturated carbocycles. The Morgan fingerprint density at radius 1 is 1.07 bits per heavy atom. The van der Waals surface area contributed by atoms with Gasteiger partial charge in [-0.1, -0.05) is 24.3 Å². The number of rotatable bonds is 1. The van der Waals surface area contributed by atoms with Crippen molar-refractivity contribution in [3.63, 3.8) is 0 Å². The van der Waals surface area contributed by atoms with Crippen LogP contribution >= 0.6 is 0 Å². The second-order valence-corrected chi connectivity index (χ2v) is 1.82. The number of aromatic carboxylic acids is 1. The van der Waals surface area contributed by atoms with Crippen LogP contribution in [-0.4, -0.2) is 5.97 Å². The maximum Gasteiger partial charge on any atom is 1.00 e. The maximum atomic E-state index is 10.5. The molecule has 0 saturated heterocycles. The second-order valence-electron chi connectivity index (χ2n) is 1.82. The van der Waals surface area contributed by atoms with Crippen LogP contribution in [0.25, 0.3) is 0 Å². The summed E-state index contributed by atoms with van der Waals surface area (Å²) in [5.74, 6) is -1.64. The first-order valence-corrected chi connectivity index (χ1v) is 2.68. The summed E-state index contributed by atoms with van der Waals surface area (Å²) in [6.07, 6.45) is 0. The molecule has 0 spiro atoms. The summed E-state index contributed by atoms with van der Waals surface area (Å²) in [5.41, 5.74) is -0.0764. The van der Waals surface area contributed by atoms with Crippen LogP contribution in [0.5, 0.6) is 5.75 Å². The van der Waals surface area contributed by atoms with E-state index >= 15 is 0 Å². The molecule has 1 aromatic rings. The number of carbonyl (C=O) groups is 1. The Morgan fingerprint density at radius 2 is 1.57 bits per heavy atom. The summed E-state index contributed by atoms with van der Waals surface area (Å²) >= 11 is 0. The maximum absolute atomic E-state index is 10.5. The molecule has 0 unspecified atom stereocenters. The minimum absolute atomic E-state index is 0. The quantitative estimate of drug-likeness (QED) is 0.448. The van der Waals surface area contributed by atoms with Crippen molar-refractivity contribution < 1.29 is 133 Å². The molecule has 0 aliphatic heterocycles. The largest absolute Gasteiger partial charge is 1.00 e. The van der Waals surface area contributed by atoms with Crippen LogP contribution < -0.4 is 128 Å². The van der Waals surface area contributed by atoms with Gasteiger partial charge in [-0.3, -0.25) is 0 Å². The molecule has 0 bridgehead atoms. The fourth-order valence-electron chi connectivity index (χ4n) is 0.623. The molecule has 1 rings (SSSR count). The van der Waals surface area contributed by atoms with Crippen molar-refractivity contribution in [3.8, 4) is 5.75 Å². The zero-order chi connectivity index (χ0) is 7.56. The summed E-state index contributed by atoms with van der Waals surface area (Å²) in [7, 11) is 0. The number of hydrogen-bond donors (Lipinski definition) is 0. The van der Waals surface area contributed by atoms with Crippen LogP contribution in [0.15, 0.2) is 24.3 Å². The van der Waals surface area contributed by atoms with Crippen molar-refractivity contribution in [3.05, 3.63) is 29.8 Å². The van der Waals surface area contributed by atoms with Crippen LogP contribution in [0.3, 0.4) is 0 Å². The summed E-state index contributed by atoms with van der Waals surface area (Å²) in [5, 5.41) is 20.6. The Labute approximate surface area is 171 Å². The fraction of sp³-hybridized carbons (Fsp3) is 0. The first kappa shape index (κ1) is 25.4. The van der Waals surface area contributed by atoms with Crippen molar-refractivity contribution in [2.24, 2.45) is 0 Å². The van der Waals surface area contributed by atoms with E-state index in [2.05, 4.69) is 0 Å². The van der Waals surface area contributed by atoms with E-state index < -0.39 is 5.97 Å². The van der Waals surface area contributed by atoms with Gasteiger partial charge in [0.1, 0.15) is 0 Å². The Balaban J connectivity index is -0.000000125. The van der Waals surface area contributed by atoms with Crippen LogP contribution in [0.4, 0.5) is 0 Å². The third-order valence-electron chi connectivity index (χ3n) is 1.07. The van der Waals surface area contributed by atoms with Crippen molar-refractivity contribution in [1.29, 1.82) is 0 Å². The third-order valence-corrected chi connectivity index (χ3v) is 1.07. The molecule has 3 nitrogen and oxygen atoms in total. The Morgan fingerprint density at radius 3 is 1.86 bits per heavy atom. The minimum Gasteiger partial charge on any atom is -0.872 e. The first-order valence-electron chi connectivity index (χ1n) is 2.68. The molecule has 0 radical (unpaired) electrons. The average Bonchev–Trinajstić information content (AvgIpc) is 1.88. The zero-order valence-corrected chi connectivity index (χ0v) is 17.0. The first-order chi connectivity index (χ1) is 4.70. The number of carboxylic acid groups (broad SMARTS) is 1. The molecular formula is C7H4Na4O3+2. The standard InChI is InChI=1S/C7H6O3.4Na/c8-6-3-1-2-5(4-6)7(9)10;;;;/h1-4,8H,(H,9,10);;;;/q;4*+1/p-2. The van der Waals surface area contributed by atoms with E-state index in [1.54, 1.807) is 0 Å². The van der Waals surface area contributed by atoms with Gasteiger partial charge >= 0.3 is 118 Å². The predicted octanol–water partition coefficient (Wildman–Crippen LogP) is -12.9. The Bertz CT molecular complexity index is 267. The molecule has 7 heteroatoms. The Hall–Kier alpha value is 2.49. The topological polar surface area (TPSA) is 63.2 Å². The molecule has 0 N–H and O–H groups in total.